The van der Waals surface area contributed by atoms with E-state index in [1.807, 2.05) is 0 Å². The second-order valence-electron chi connectivity index (χ2n) is 7.65. The number of hydrogen-bond donors (Lipinski definition) is 1. The number of hydrogen-bond acceptors (Lipinski definition) is 4. The van der Waals surface area contributed by atoms with Crippen LogP contribution < -0.4 is 9.62 Å². The molecule has 1 amide bonds. The number of benzene rings is 2. The van der Waals surface area contributed by atoms with E-state index in [2.05, 4.69) is 17.3 Å². The van der Waals surface area contributed by atoms with E-state index in [4.69, 9.17) is 11.6 Å². The quantitative estimate of drug-likeness (QED) is 0.561. The fourth-order valence-electron chi connectivity index (χ4n) is 3.47. The Labute approximate surface area is 186 Å². The molecule has 0 saturated heterocycles. The summed E-state index contributed by atoms with van der Waals surface area (Å²) in [6, 6.07) is 14.8. The summed E-state index contributed by atoms with van der Waals surface area (Å²) in [6.07, 6.45) is 3.95. The van der Waals surface area contributed by atoms with Crippen molar-refractivity contribution >= 4 is 39.0 Å². The summed E-state index contributed by atoms with van der Waals surface area (Å²) in [4.78, 5) is 12.8. The average molecular weight is 459 g/mol. The molecule has 1 aliphatic rings. The molecule has 2 aromatic carbocycles. The Morgan fingerprint density at radius 1 is 1.19 bits per heavy atom. The number of sulfonamides is 1. The van der Waals surface area contributed by atoms with Gasteiger partial charge in [0.25, 0.3) is 15.9 Å². The third-order valence-corrected chi connectivity index (χ3v) is 7.82. The molecule has 4 rings (SSSR count). The van der Waals surface area contributed by atoms with Gasteiger partial charge in [0.2, 0.25) is 0 Å². The van der Waals surface area contributed by atoms with Crippen LogP contribution in [0.2, 0.25) is 5.02 Å². The summed E-state index contributed by atoms with van der Waals surface area (Å²) in [5.41, 5.74) is 0.683. The fourth-order valence-corrected chi connectivity index (χ4v) is 5.17. The summed E-state index contributed by atoms with van der Waals surface area (Å²) in [6.45, 7) is 2.08. The Morgan fingerprint density at radius 2 is 1.90 bits per heavy atom. The molecule has 0 radical (unpaired) electrons. The molecular formula is C22H23ClN4O3S. The molecular weight excluding hydrogens is 436 g/mol. The molecule has 1 unspecified atom stereocenters. The van der Waals surface area contributed by atoms with Crippen LogP contribution in [0, 0.1) is 5.92 Å². The zero-order valence-electron chi connectivity index (χ0n) is 17.2. The van der Waals surface area contributed by atoms with Gasteiger partial charge in [0.05, 0.1) is 22.9 Å². The zero-order chi connectivity index (χ0) is 22.2. The highest BCUT2D eigenvalue weighted by Crippen LogP contribution is 2.40. The Kier molecular flexibility index (Phi) is 5.77. The molecule has 1 aromatic heterocycles. The van der Waals surface area contributed by atoms with Crippen molar-refractivity contribution < 1.29 is 13.2 Å². The fraction of sp³-hybridized carbons (Fsp3) is 0.273. The molecule has 9 heteroatoms. The third kappa shape index (κ3) is 4.31. The molecule has 31 heavy (non-hydrogen) atoms. The van der Waals surface area contributed by atoms with Crippen molar-refractivity contribution in [2.24, 2.45) is 5.92 Å². The number of carbonyl (C=O) groups is 1. The molecule has 0 spiro atoms. The number of aromatic nitrogens is 2. The van der Waals surface area contributed by atoms with Gasteiger partial charge in [0, 0.05) is 18.7 Å². The molecule has 1 fully saturated rings. The van der Waals surface area contributed by atoms with Crippen LogP contribution in [0.25, 0.3) is 0 Å². The lowest BCUT2D eigenvalue weighted by atomic mass is 10.2. The molecule has 162 valence electrons. The Hall–Kier alpha value is -2.84. The number of halogens is 1. The van der Waals surface area contributed by atoms with Crippen LogP contribution in [0.5, 0.6) is 0 Å². The van der Waals surface area contributed by atoms with Crippen molar-refractivity contribution in [3.63, 3.8) is 0 Å². The van der Waals surface area contributed by atoms with E-state index >= 15 is 0 Å². The molecule has 3 aromatic rings. The van der Waals surface area contributed by atoms with Crippen LogP contribution in [0.4, 0.5) is 11.5 Å². The average Bonchev–Trinajstić information content (AvgIpc) is 3.52. The van der Waals surface area contributed by atoms with Gasteiger partial charge in [0.15, 0.2) is 0 Å². The van der Waals surface area contributed by atoms with Gasteiger partial charge in [-0.2, -0.15) is 5.10 Å². The standard InChI is InChI=1S/C22H23ClN4O3S/c1-15(16-8-9-16)27-21(12-13-24-27)25-22(28)17-10-11-19(23)20(14-17)31(29,30)26(2)18-6-4-3-5-7-18/h3-7,10-16H,8-9H2,1-2H3,(H,25,28). The molecule has 0 bridgehead atoms. The number of para-hydroxylation sites is 1. The van der Waals surface area contributed by atoms with Crippen LogP contribution in [0.3, 0.4) is 0 Å². The predicted molar refractivity (Wildman–Crippen MR) is 121 cm³/mol. The lowest BCUT2D eigenvalue weighted by Gasteiger charge is -2.20. The maximum Gasteiger partial charge on any atom is 0.265 e. The highest BCUT2D eigenvalue weighted by atomic mass is 35.5. The molecule has 1 aliphatic carbocycles. The minimum atomic E-state index is -3.96. The van der Waals surface area contributed by atoms with Crippen molar-refractivity contribution in [2.45, 2.75) is 30.7 Å². The van der Waals surface area contributed by atoms with Crippen LogP contribution in [0.15, 0.2) is 65.7 Å². The number of rotatable bonds is 7. The van der Waals surface area contributed by atoms with Crippen molar-refractivity contribution in [1.82, 2.24) is 9.78 Å². The van der Waals surface area contributed by atoms with Crippen molar-refractivity contribution in [1.29, 1.82) is 0 Å². The molecule has 1 N–H and O–H groups in total. The Balaban J connectivity index is 1.61. The molecule has 1 heterocycles. The predicted octanol–water partition coefficient (Wildman–Crippen LogP) is 4.58. The van der Waals surface area contributed by atoms with Gasteiger partial charge in [-0.05, 0) is 56.0 Å². The van der Waals surface area contributed by atoms with Gasteiger partial charge in [-0.15, -0.1) is 0 Å². The molecule has 1 atom stereocenters. The Morgan fingerprint density at radius 3 is 2.58 bits per heavy atom. The SMILES string of the molecule is CC(C1CC1)n1nccc1NC(=O)c1ccc(Cl)c(S(=O)(=O)N(C)c2ccccc2)c1. The topological polar surface area (TPSA) is 84.3 Å². The minimum absolute atomic E-state index is 0.0479. The number of carbonyl (C=O) groups excluding carboxylic acids is 1. The van der Waals surface area contributed by atoms with E-state index < -0.39 is 15.9 Å². The first-order chi connectivity index (χ1) is 14.8. The summed E-state index contributed by atoms with van der Waals surface area (Å²) in [7, 11) is -2.51. The smallest absolute Gasteiger partial charge is 0.265 e. The van der Waals surface area contributed by atoms with Crippen molar-refractivity contribution in [3.05, 3.63) is 71.4 Å². The second kappa shape index (κ2) is 8.36. The normalized spacial score (nSPS) is 14.8. The van der Waals surface area contributed by atoms with E-state index in [0.29, 0.717) is 17.4 Å². The van der Waals surface area contributed by atoms with Crippen LogP contribution in [-0.2, 0) is 10.0 Å². The van der Waals surface area contributed by atoms with E-state index in [-0.39, 0.29) is 21.5 Å². The maximum atomic E-state index is 13.2. The highest BCUT2D eigenvalue weighted by molar-refractivity contribution is 7.93. The largest absolute Gasteiger partial charge is 0.307 e. The maximum absolute atomic E-state index is 13.2. The summed E-state index contributed by atoms with van der Waals surface area (Å²) < 4.78 is 29.3. The first-order valence-corrected chi connectivity index (χ1v) is 11.8. The first-order valence-electron chi connectivity index (χ1n) is 9.97. The summed E-state index contributed by atoms with van der Waals surface area (Å²) in [5.74, 6) is 0.710. The first kappa shape index (κ1) is 21.4. The van der Waals surface area contributed by atoms with Gasteiger partial charge in [-0.3, -0.25) is 9.10 Å². The molecule has 1 saturated carbocycles. The van der Waals surface area contributed by atoms with Crippen molar-refractivity contribution in [2.75, 3.05) is 16.7 Å². The highest BCUT2D eigenvalue weighted by Gasteiger charge is 2.31. The summed E-state index contributed by atoms with van der Waals surface area (Å²) >= 11 is 6.22. The third-order valence-electron chi connectivity index (χ3n) is 5.55. The minimum Gasteiger partial charge on any atom is -0.307 e. The zero-order valence-corrected chi connectivity index (χ0v) is 18.8. The second-order valence-corrected chi connectivity index (χ2v) is 9.99. The van der Waals surface area contributed by atoms with Crippen LogP contribution >= 0.6 is 11.6 Å². The lowest BCUT2D eigenvalue weighted by Crippen LogP contribution is -2.27. The van der Waals surface area contributed by atoms with E-state index in [0.717, 1.165) is 17.1 Å². The van der Waals surface area contributed by atoms with Gasteiger partial charge < -0.3 is 5.32 Å². The van der Waals surface area contributed by atoms with E-state index in [9.17, 15) is 13.2 Å². The monoisotopic (exact) mass is 458 g/mol. The molecule has 0 aliphatic heterocycles. The Bertz CT molecular complexity index is 1210. The van der Waals surface area contributed by atoms with E-state index in [1.54, 1.807) is 47.3 Å². The van der Waals surface area contributed by atoms with Crippen LogP contribution in [-0.4, -0.2) is 31.2 Å². The molecule has 7 nitrogen and oxygen atoms in total. The lowest BCUT2D eigenvalue weighted by molar-refractivity contribution is 0.102. The number of anilines is 2. The van der Waals surface area contributed by atoms with Gasteiger partial charge in [0.1, 0.15) is 10.7 Å². The van der Waals surface area contributed by atoms with Crippen LogP contribution in [0.1, 0.15) is 36.2 Å². The van der Waals surface area contributed by atoms with Gasteiger partial charge in [-0.25, -0.2) is 13.1 Å². The van der Waals surface area contributed by atoms with Gasteiger partial charge in [-0.1, -0.05) is 29.8 Å². The number of nitrogens with one attached hydrogen (secondary N) is 1. The number of nitrogens with zero attached hydrogens (tertiary/aromatic N) is 3. The number of amides is 1. The van der Waals surface area contributed by atoms with Gasteiger partial charge >= 0.3 is 0 Å². The van der Waals surface area contributed by atoms with E-state index in [1.165, 1.54) is 25.2 Å². The summed E-state index contributed by atoms with van der Waals surface area (Å²) in [5, 5.41) is 7.22. The van der Waals surface area contributed by atoms with Crippen molar-refractivity contribution in [3.8, 4) is 0 Å².